The molecule has 3 heteroatoms. The highest BCUT2D eigenvalue weighted by atomic mass is 16.5. The van der Waals surface area contributed by atoms with Crippen LogP contribution >= 0.6 is 0 Å². The standard InChI is InChI=1S/C13H16O3/c1-10-2-4-11(5-3-10)13(12(14)15)6-8-16-9-7-13/h2-5H,6-9H2,1H3,(H,14,15). The molecule has 3 nitrogen and oxygen atoms in total. The van der Waals surface area contributed by atoms with Crippen molar-refractivity contribution in [2.75, 3.05) is 13.2 Å². The van der Waals surface area contributed by atoms with Gasteiger partial charge in [-0.1, -0.05) is 29.8 Å². The minimum Gasteiger partial charge on any atom is -0.481 e. The third-order valence-electron chi connectivity index (χ3n) is 3.36. The van der Waals surface area contributed by atoms with E-state index in [9.17, 15) is 9.90 Å². The van der Waals surface area contributed by atoms with E-state index in [0.29, 0.717) is 26.1 Å². The van der Waals surface area contributed by atoms with Crippen LogP contribution in [-0.2, 0) is 14.9 Å². The lowest BCUT2D eigenvalue weighted by molar-refractivity contribution is -0.147. The maximum Gasteiger partial charge on any atom is 0.314 e. The van der Waals surface area contributed by atoms with Gasteiger partial charge in [0.1, 0.15) is 0 Å². The lowest BCUT2D eigenvalue weighted by Gasteiger charge is -2.33. The molecule has 0 bridgehead atoms. The van der Waals surface area contributed by atoms with Crippen molar-refractivity contribution in [3.63, 3.8) is 0 Å². The Morgan fingerprint density at radius 2 is 1.81 bits per heavy atom. The number of benzene rings is 1. The molecule has 2 rings (SSSR count). The van der Waals surface area contributed by atoms with E-state index < -0.39 is 11.4 Å². The molecular weight excluding hydrogens is 204 g/mol. The molecule has 1 heterocycles. The number of hydrogen-bond acceptors (Lipinski definition) is 2. The Morgan fingerprint density at radius 1 is 1.25 bits per heavy atom. The van der Waals surface area contributed by atoms with Crippen LogP contribution in [0.2, 0.25) is 0 Å². The quantitative estimate of drug-likeness (QED) is 0.830. The van der Waals surface area contributed by atoms with Crippen LogP contribution < -0.4 is 0 Å². The van der Waals surface area contributed by atoms with E-state index >= 15 is 0 Å². The van der Waals surface area contributed by atoms with Gasteiger partial charge in [-0.25, -0.2) is 0 Å². The van der Waals surface area contributed by atoms with Gasteiger partial charge in [0.25, 0.3) is 0 Å². The van der Waals surface area contributed by atoms with Crippen LogP contribution in [-0.4, -0.2) is 24.3 Å². The third kappa shape index (κ3) is 1.83. The highest BCUT2D eigenvalue weighted by Crippen LogP contribution is 2.35. The van der Waals surface area contributed by atoms with Crippen LogP contribution in [0.25, 0.3) is 0 Å². The monoisotopic (exact) mass is 220 g/mol. The molecule has 86 valence electrons. The maximum absolute atomic E-state index is 11.5. The fourth-order valence-electron chi connectivity index (χ4n) is 2.22. The Labute approximate surface area is 95.0 Å². The zero-order valence-corrected chi connectivity index (χ0v) is 9.40. The molecule has 1 aliphatic heterocycles. The molecule has 0 radical (unpaired) electrons. The Hall–Kier alpha value is -1.35. The molecule has 1 saturated heterocycles. The van der Waals surface area contributed by atoms with Crippen LogP contribution in [0.3, 0.4) is 0 Å². The molecule has 0 atom stereocenters. The van der Waals surface area contributed by atoms with Gasteiger partial charge >= 0.3 is 5.97 Å². The number of ether oxygens (including phenoxy) is 1. The van der Waals surface area contributed by atoms with E-state index in [-0.39, 0.29) is 0 Å². The van der Waals surface area contributed by atoms with Gasteiger partial charge in [-0.2, -0.15) is 0 Å². The molecule has 0 amide bonds. The van der Waals surface area contributed by atoms with Crippen molar-refractivity contribution in [1.29, 1.82) is 0 Å². The van der Waals surface area contributed by atoms with Crippen LogP contribution in [0.5, 0.6) is 0 Å². The Morgan fingerprint density at radius 3 is 2.31 bits per heavy atom. The SMILES string of the molecule is Cc1ccc(C2(C(=O)O)CCOCC2)cc1. The minimum absolute atomic E-state index is 0.528. The largest absolute Gasteiger partial charge is 0.481 e. The van der Waals surface area contributed by atoms with E-state index in [1.807, 2.05) is 31.2 Å². The topological polar surface area (TPSA) is 46.5 Å². The molecule has 1 aromatic carbocycles. The molecule has 1 aliphatic rings. The molecular formula is C13H16O3. The zero-order valence-electron chi connectivity index (χ0n) is 9.40. The van der Waals surface area contributed by atoms with Gasteiger partial charge in [0.2, 0.25) is 0 Å². The average Bonchev–Trinajstić information content (AvgIpc) is 2.30. The number of aliphatic carboxylic acids is 1. The third-order valence-corrected chi connectivity index (χ3v) is 3.36. The summed E-state index contributed by atoms with van der Waals surface area (Å²) < 4.78 is 5.26. The van der Waals surface area contributed by atoms with Crippen molar-refractivity contribution in [3.05, 3.63) is 35.4 Å². The van der Waals surface area contributed by atoms with Crippen LogP contribution in [0.4, 0.5) is 0 Å². The van der Waals surface area contributed by atoms with Crippen LogP contribution in [0, 0.1) is 6.92 Å². The molecule has 0 spiro atoms. The lowest BCUT2D eigenvalue weighted by atomic mass is 9.74. The Balaban J connectivity index is 2.38. The number of aryl methyl sites for hydroxylation is 1. The van der Waals surface area contributed by atoms with E-state index in [1.54, 1.807) is 0 Å². The predicted octanol–water partition coefficient (Wildman–Crippen LogP) is 2.13. The fourth-order valence-corrected chi connectivity index (χ4v) is 2.22. The summed E-state index contributed by atoms with van der Waals surface area (Å²) in [5.74, 6) is -0.736. The molecule has 0 unspecified atom stereocenters. The van der Waals surface area contributed by atoms with E-state index in [2.05, 4.69) is 0 Å². The number of hydrogen-bond donors (Lipinski definition) is 1. The van der Waals surface area contributed by atoms with E-state index in [0.717, 1.165) is 11.1 Å². The second kappa shape index (κ2) is 4.26. The average molecular weight is 220 g/mol. The first-order chi connectivity index (χ1) is 7.65. The van der Waals surface area contributed by atoms with Gasteiger partial charge in [-0.15, -0.1) is 0 Å². The molecule has 0 aromatic heterocycles. The predicted molar refractivity (Wildman–Crippen MR) is 60.5 cm³/mol. The summed E-state index contributed by atoms with van der Waals surface area (Å²) in [4.78, 5) is 11.5. The lowest BCUT2D eigenvalue weighted by Crippen LogP contribution is -2.41. The fraction of sp³-hybridized carbons (Fsp3) is 0.462. The maximum atomic E-state index is 11.5. The Bertz CT molecular complexity index is 375. The van der Waals surface area contributed by atoms with Crippen LogP contribution in [0.1, 0.15) is 24.0 Å². The second-order valence-electron chi connectivity index (χ2n) is 4.37. The van der Waals surface area contributed by atoms with Gasteiger partial charge in [-0.05, 0) is 25.3 Å². The van der Waals surface area contributed by atoms with Crippen molar-refractivity contribution >= 4 is 5.97 Å². The number of carbonyl (C=O) groups is 1. The normalized spacial score (nSPS) is 19.3. The zero-order chi connectivity index (χ0) is 11.6. The molecule has 1 aromatic rings. The summed E-state index contributed by atoms with van der Waals surface area (Å²) in [5.41, 5.74) is 1.30. The minimum atomic E-state index is -0.744. The first-order valence-corrected chi connectivity index (χ1v) is 5.53. The smallest absolute Gasteiger partial charge is 0.314 e. The molecule has 16 heavy (non-hydrogen) atoms. The summed E-state index contributed by atoms with van der Waals surface area (Å²) in [6.45, 7) is 3.06. The Kier molecular flexibility index (Phi) is 2.97. The van der Waals surface area contributed by atoms with Gasteiger partial charge in [-0.3, -0.25) is 4.79 Å². The van der Waals surface area contributed by atoms with Crippen molar-refractivity contribution in [1.82, 2.24) is 0 Å². The van der Waals surface area contributed by atoms with Gasteiger partial charge < -0.3 is 9.84 Å². The summed E-state index contributed by atoms with van der Waals surface area (Å²) in [6.07, 6.45) is 1.12. The van der Waals surface area contributed by atoms with Gasteiger partial charge in [0, 0.05) is 13.2 Å². The van der Waals surface area contributed by atoms with Crippen molar-refractivity contribution < 1.29 is 14.6 Å². The first-order valence-electron chi connectivity index (χ1n) is 5.53. The van der Waals surface area contributed by atoms with Gasteiger partial charge in [0.05, 0.1) is 5.41 Å². The van der Waals surface area contributed by atoms with Crippen molar-refractivity contribution in [2.45, 2.75) is 25.2 Å². The number of carboxylic acids is 1. The molecule has 0 aliphatic carbocycles. The molecule has 1 N–H and O–H groups in total. The van der Waals surface area contributed by atoms with Crippen molar-refractivity contribution in [3.8, 4) is 0 Å². The van der Waals surface area contributed by atoms with Gasteiger partial charge in [0.15, 0.2) is 0 Å². The summed E-state index contributed by atoms with van der Waals surface area (Å²) in [6, 6.07) is 7.79. The highest BCUT2D eigenvalue weighted by molar-refractivity contribution is 5.81. The summed E-state index contributed by atoms with van der Waals surface area (Å²) in [5, 5.41) is 9.46. The van der Waals surface area contributed by atoms with Crippen molar-refractivity contribution in [2.24, 2.45) is 0 Å². The molecule has 1 fully saturated rings. The first kappa shape index (κ1) is 11.1. The number of rotatable bonds is 2. The summed E-state index contributed by atoms with van der Waals surface area (Å²) >= 11 is 0. The van der Waals surface area contributed by atoms with E-state index in [1.165, 1.54) is 0 Å². The van der Waals surface area contributed by atoms with E-state index in [4.69, 9.17) is 4.74 Å². The highest BCUT2D eigenvalue weighted by Gasteiger charge is 2.41. The summed E-state index contributed by atoms with van der Waals surface area (Å²) in [7, 11) is 0. The second-order valence-corrected chi connectivity index (χ2v) is 4.37. The van der Waals surface area contributed by atoms with Crippen LogP contribution in [0.15, 0.2) is 24.3 Å². The molecule has 0 saturated carbocycles. The number of carboxylic acid groups (broad SMARTS) is 1.